The molecule has 2 aliphatic rings. The summed E-state index contributed by atoms with van der Waals surface area (Å²) in [4.78, 5) is 31.0. The number of ether oxygens (including phenoxy) is 2. The van der Waals surface area contributed by atoms with Crippen LogP contribution in [0.3, 0.4) is 0 Å². The molecule has 0 spiro atoms. The Bertz CT molecular complexity index is 1140. The molecular weight excluding hydrogens is 426 g/mol. The first kappa shape index (κ1) is 18.9. The lowest BCUT2D eigenvalue weighted by atomic mass is 9.90. The van der Waals surface area contributed by atoms with Gasteiger partial charge < -0.3 is 9.47 Å². The summed E-state index contributed by atoms with van der Waals surface area (Å²) in [7, 11) is 0. The van der Waals surface area contributed by atoms with E-state index in [0.717, 1.165) is 28.4 Å². The SMILES string of the molecule is Cc1nnc(NC(=O)C2CCCc3sc(NC(=O)c4ccc5c(c4)OCO5)nc32)s1. The zero-order chi connectivity index (χ0) is 20.7. The number of nitrogens with zero attached hydrogens (tertiary/aromatic N) is 3. The number of amides is 2. The van der Waals surface area contributed by atoms with E-state index in [1.807, 2.05) is 6.92 Å². The Labute approximate surface area is 179 Å². The fourth-order valence-corrected chi connectivity index (χ4v) is 5.13. The fraction of sp³-hybridized carbons (Fsp3) is 0.316. The molecule has 11 heteroatoms. The van der Waals surface area contributed by atoms with Gasteiger partial charge in [-0.25, -0.2) is 4.98 Å². The molecule has 2 aromatic heterocycles. The Hall–Kier alpha value is -3.05. The maximum absolute atomic E-state index is 12.8. The molecular formula is C19H17N5O4S2. The van der Waals surface area contributed by atoms with E-state index >= 15 is 0 Å². The number of hydrogen-bond acceptors (Lipinski definition) is 9. The maximum Gasteiger partial charge on any atom is 0.257 e. The zero-order valence-corrected chi connectivity index (χ0v) is 17.6. The Morgan fingerprint density at radius 1 is 1.10 bits per heavy atom. The molecule has 154 valence electrons. The summed E-state index contributed by atoms with van der Waals surface area (Å²) in [5.74, 6) is 0.363. The number of benzene rings is 1. The predicted octanol–water partition coefficient (Wildman–Crippen LogP) is 3.34. The molecule has 1 atom stereocenters. The van der Waals surface area contributed by atoms with Crippen LogP contribution in [0.4, 0.5) is 10.3 Å². The van der Waals surface area contributed by atoms with Crippen LogP contribution in [0, 0.1) is 6.92 Å². The van der Waals surface area contributed by atoms with Crippen molar-refractivity contribution in [3.63, 3.8) is 0 Å². The van der Waals surface area contributed by atoms with Gasteiger partial charge in [0.15, 0.2) is 16.6 Å². The van der Waals surface area contributed by atoms with E-state index < -0.39 is 0 Å². The van der Waals surface area contributed by atoms with E-state index in [4.69, 9.17) is 9.47 Å². The molecule has 2 N–H and O–H groups in total. The van der Waals surface area contributed by atoms with Gasteiger partial charge >= 0.3 is 0 Å². The smallest absolute Gasteiger partial charge is 0.257 e. The standard InChI is InChI=1S/C19H17N5O4S2/c1-9-23-24-19(29-9)22-17(26)11-3-2-4-14-15(11)20-18(30-14)21-16(25)10-5-6-12-13(7-10)28-8-27-12/h5-7,11H,2-4,8H2,1H3,(H,20,21,25)(H,22,24,26). The van der Waals surface area contributed by atoms with Crippen LogP contribution in [0.1, 0.15) is 44.7 Å². The highest BCUT2D eigenvalue weighted by molar-refractivity contribution is 7.16. The van der Waals surface area contributed by atoms with Crippen molar-refractivity contribution < 1.29 is 19.1 Å². The van der Waals surface area contributed by atoms with Crippen molar-refractivity contribution in [1.82, 2.24) is 15.2 Å². The third-order valence-corrected chi connectivity index (χ3v) is 6.68. The van der Waals surface area contributed by atoms with E-state index in [-0.39, 0.29) is 24.5 Å². The number of rotatable bonds is 4. The largest absolute Gasteiger partial charge is 0.454 e. The summed E-state index contributed by atoms with van der Waals surface area (Å²) in [5, 5.41) is 15.3. The highest BCUT2D eigenvalue weighted by atomic mass is 32.1. The van der Waals surface area contributed by atoms with Gasteiger partial charge in [0, 0.05) is 10.4 Å². The molecule has 0 radical (unpaired) electrons. The molecule has 0 bridgehead atoms. The topological polar surface area (TPSA) is 115 Å². The van der Waals surface area contributed by atoms with Crippen LogP contribution in [0.2, 0.25) is 0 Å². The minimum atomic E-state index is -0.370. The second-order valence-electron chi connectivity index (χ2n) is 6.91. The van der Waals surface area contributed by atoms with Crippen molar-refractivity contribution in [2.24, 2.45) is 0 Å². The van der Waals surface area contributed by atoms with Crippen LogP contribution in [0.15, 0.2) is 18.2 Å². The highest BCUT2D eigenvalue weighted by Gasteiger charge is 2.31. The first-order valence-corrected chi connectivity index (χ1v) is 11.0. The molecule has 3 heterocycles. The Morgan fingerprint density at radius 2 is 1.97 bits per heavy atom. The molecule has 1 aromatic carbocycles. The first-order valence-electron chi connectivity index (χ1n) is 9.38. The fourth-order valence-electron chi connectivity index (χ4n) is 3.47. The number of nitrogens with one attached hydrogen (secondary N) is 2. The number of fused-ring (bicyclic) bond motifs is 2. The summed E-state index contributed by atoms with van der Waals surface area (Å²) < 4.78 is 10.6. The number of aromatic nitrogens is 3. The van der Waals surface area contributed by atoms with Gasteiger partial charge in [-0.1, -0.05) is 11.3 Å². The van der Waals surface area contributed by atoms with Crippen LogP contribution in [-0.4, -0.2) is 33.8 Å². The lowest BCUT2D eigenvalue weighted by Crippen LogP contribution is -2.24. The summed E-state index contributed by atoms with van der Waals surface area (Å²) in [6.45, 7) is 1.99. The minimum Gasteiger partial charge on any atom is -0.454 e. The Kier molecular flexibility index (Phi) is 4.83. The third kappa shape index (κ3) is 3.61. The monoisotopic (exact) mass is 443 g/mol. The molecule has 5 rings (SSSR count). The molecule has 1 unspecified atom stereocenters. The highest BCUT2D eigenvalue weighted by Crippen LogP contribution is 2.38. The van der Waals surface area contributed by atoms with Gasteiger partial charge in [0.1, 0.15) is 5.01 Å². The van der Waals surface area contributed by atoms with Crippen molar-refractivity contribution in [1.29, 1.82) is 0 Å². The third-order valence-electron chi connectivity index (χ3n) is 4.88. The summed E-state index contributed by atoms with van der Waals surface area (Å²) in [5.41, 5.74) is 1.18. The van der Waals surface area contributed by atoms with E-state index in [1.165, 1.54) is 22.7 Å². The van der Waals surface area contributed by atoms with Crippen molar-refractivity contribution in [3.05, 3.63) is 39.3 Å². The Morgan fingerprint density at radius 3 is 2.80 bits per heavy atom. The van der Waals surface area contributed by atoms with Gasteiger partial charge in [0.2, 0.25) is 17.8 Å². The van der Waals surface area contributed by atoms with Crippen LogP contribution >= 0.6 is 22.7 Å². The van der Waals surface area contributed by atoms with Crippen molar-refractivity contribution in [2.45, 2.75) is 32.1 Å². The quantitative estimate of drug-likeness (QED) is 0.635. The van der Waals surface area contributed by atoms with Gasteiger partial charge in [0.05, 0.1) is 11.6 Å². The minimum absolute atomic E-state index is 0.147. The van der Waals surface area contributed by atoms with E-state index in [2.05, 4.69) is 25.8 Å². The van der Waals surface area contributed by atoms with Crippen LogP contribution < -0.4 is 20.1 Å². The van der Waals surface area contributed by atoms with Gasteiger partial charge in [-0.2, -0.15) is 0 Å². The van der Waals surface area contributed by atoms with Crippen LogP contribution in [0.25, 0.3) is 0 Å². The van der Waals surface area contributed by atoms with Crippen LogP contribution in [0.5, 0.6) is 11.5 Å². The molecule has 9 nitrogen and oxygen atoms in total. The number of anilines is 2. The molecule has 0 saturated carbocycles. The number of thiazole rings is 1. The molecule has 0 saturated heterocycles. The second-order valence-corrected chi connectivity index (χ2v) is 9.18. The number of aryl methyl sites for hydroxylation is 2. The summed E-state index contributed by atoms with van der Waals surface area (Å²) in [6, 6.07) is 5.03. The average molecular weight is 444 g/mol. The number of carbonyl (C=O) groups excluding carboxylic acids is 2. The lowest BCUT2D eigenvalue weighted by Gasteiger charge is -2.19. The number of hydrogen-bond donors (Lipinski definition) is 2. The molecule has 3 aromatic rings. The first-order chi connectivity index (χ1) is 14.6. The van der Waals surface area contributed by atoms with Crippen molar-refractivity contribution >= 4 is 44.8 Å². The molecule has 1 aliphatic carbocycles. The molecule has 1 aliphatic heterocycles. The predicted molar refractivity (Wildman–Crippen MR) is 112 cm³/mol. The normalized spacial score (nSPS) is 16.8. The second kappa shape index (κ2) is 7.65. The Balaban J connectivity index is 1.32. The molecule has 30 heavy (non-hydrogen) atoms. The maximum atomic E-state index is 12.8. The number of carbonyl (C=O) groups is 2. The average Bonchev–Trinajstić information content (AvgIpc) is 3.45. The van der Waals surface area contributed by atoms with E-state index in [0.29, 0.717) is 33.7 Å². The molecule has 2 amide bonds. The van der Waals surface area contributed by atoms with Gasteiger partial charge in [-0.15, -0.1) is 21.5 Å². The van der Waals surface area contributed by atoms with E-state index in [1.54, 1.807) is 18.2 Å². The molecule has 0 fully saturated rings. The lowest BCUT2D eigenvalue weighted by molar-refractivity contribution is -0.117. The van der Waals surface area contributed by atoms with Crippen molar-refractivity contribution in [3.8, 4) is 11.5 Å². The van der Waals surface area contributed by atoms with Gasteiger partial charge in [0.25, 0.3) is 5.91 Å². The van der Waals surface area contributed by atoms with Crippen molar-refractivity contribution in [2.75, 3.05) is 17.4 Å². The van der Waals surface area contributed by atoms with Gasteiger partial charge in [-0.3, -0.25) is 20.2 Å². The van der Waals surface area contributed by atoms with Gasteiger partial charge in [-0.05, 0) is 44.4 Å². The van der Waals surface area contributed by atoms with Crippen LogP contribution in [-0.2, 0) is 11.2 Å². The summed E-state index contributed by atoms with van der Waals surface area (Å²) >= 11 is 2.74. The summed E-state index contributed by atoms with van der Waals surface area (Å²) in [6.07, 6.45) is 2.43. The zero-order valence-electron chi connectivity index (χ0n) is 15.9. The van der Waals surface area contributed by atoms with E-state index in [9.17, 15) is 9.59 Å².